The fourth-order valence-corrected chi connectivity index (χ4v) is 5.17. The van der Waals surface area contributed by atoms with Gasteiger partial charge in [0, 0.05) is 13.1 Å². The van der Waals surface area contributed by atoms with Crippen LogP contribution < -0.4 is 41.0 Å². The maximum Gasteiger partial charge on any atom is 0.237 e. The summed E-state index contributed by atoms with van der Waals surface area (Å²) in [5.41, 5.74) is 16.3. The van der Waals surface area contributed by atoms with Crippen LogP contribution >= 0.6 is 0 Å². The Morgan fingerprint density at radius 3 is 1.52 bits per heavy atom. The molecule has 2 atom stereocenters. The quantitative estimate of drug-likeness (QED) is 0.261. The average Bonchev–Trinajstić information content (AvgIpc) is 3.06. The number of nitrogens with two attached hydrogens (primary N) is 2. The van der Waals surface area contributed by atoms with Gasteiger partial charge in [-0.15, -0.1) is 0 Å². The molecule has 6 N–H and O–H groups in total. The lowest BCUT2D eigenvalue weighted by Gasteiger charge is -2.16. The topological polar surface area (TPSA) is 147 Å². The Labute approximate surface area is 269 Å². The monoisotopic (exact) mass is 624 g/mol. The van der Waals surface area contributed by atoms with Crippen molar-refractivity contribution in [1.29, 1.82) is 0 Å². The predicted octanol–water partition coefficient (Wildman–Crippen LogP) is 4.06. The van der Waals surface area contributed by atoms with Crippen molar-refractivity contribution in [3.05, 3.63) is 107 Å². The van der Waals surface area contributed by atoms with Crippen LogP contribution in [0.5, 0.6) is 34.5 Å². The molecule has 0 aliphatic carbocycles. The van der Waals surface area contributed by atoms with E-state index in [1.54, 1.807) is 20.3 Å². The molecule has 3 heterocycles. The SMILES string of the molecule is COc1ccc2cc1Oc1ccc(cc1)CCNC(=O)C(N)Cc1ccc(cc1)Oc1cc(ccc1OC)CC(N)C(=O)NCC2. The molecule has 0 radical (unpaired) electrons. The van der Waals surface area contributed by atoms with Gasteiger partial charge in [0.05, 0.1) is 26.3 Å². The van der Waals surface area contributed by atoms with Crippen molar-refractivity contribution in [2.24, 2.45) is 11.5 Å². The zero-order valence-corrected chi connectivity index (χ0v) is 26.1. The third kappa shape index (κ3) is 8.56. The van der Waals surface area contributed by atoms with Gasteiger partial charge >= 0.3 is 0 Å². The standard InChI is InChI=1S/C36H40N4O6/c1-43-31-13-7-25-16-18-40-36(42)30(38)20-26-8-14-32(44-2)34(22-26)46-28-11-5-24(6-12-28)19-29(37)35(41)39-17-15-23-3-9-27(10-4-23)45-33(31)21-25/h3-14,21-22,29-30H,15-20,37-38H2,1-2H3,(H,39,41)(H,40,42). The van der Waals surface area contributed by atoms with Crippen LogP contribution in [0.25, 0.3) is 0 Å². The van der Waals surface area contributed by atoms with Gasteiger partial charge in [0.2, 0.25) is 11.8 Å². The van der Waals surface area contributed by atoms with E-state index >= 15 is 0 Å². The third-order valence-corrected chi connectivity index (χ3v) is 7.77. The molecule has 2 amide bonds. The van der Waals surface area contributed by atoms with Crippen molar-refractivity contribution in [2.45, 2.75) is 37.8 Å². The lowest BCUT2D eigenvalue weighted by atomic mass is 10.0. The minimum atomic E-state index is -0.758. The molecule has 0 spiro atoms. The van der Waals surface area contributed by atoms with Gasteiger partial charge < -0.3 is 41.0 Å². The molecule has 0 saturated heterocycles. The lowest BCUT2D eigenvalue weighted by Crippen LogP contribution is -2.42. The van der Waals surface area contributed by atoms with Gasteiger partial charge in [0.1, 0.15) is 11.5 Å². The van der Waals surface area contributed by atoms with Crippen LogP contribution in [0.2, 0.25) is 0 Å². The number of hydrogen-bond acceptors (Lipinski definition) is 8. The summed E-state index contributed by atoms with van der Waals surface area (Å²) in [5.74, 6) is 2.97. The maximum atomic E-state index is 12.9. The molecule has 8 bridgehead atoms. The van der Waals surface area contributed by atoms with Crippen LogP contribution in [-0.2, 0) is 35.3 Å². The average molecular weight is 625 g/mol. The zero-order chi connectivity index (χ0) is 32.5. The van der Waals surface area contributed by atoms with E-state index in [1.165, 1.54) is 0 Å². The third-order valence-electron chi connectivity index (χ3n) is 7.77. The van der Waals surface area contributed by atoms with Gasteiger partial charge in [-0.05, 0) is 96.5 Å². The first-order chi connectivity index (χ1) is 22.3. The van der Waals surface area contributed by atoms with Gasteiger partial charge in [0.15, 0.2) is 23.0 Å². The molecular formula is C36H40N4O6. The van der Waals surface area contributed by atoms with Crippen molar-refractivity contribution in [2.75, 3.05) is 27.3 Å². The number of carbonyl (C=O) groups is 2. The molecule has 7 rings (SSSR count). The number of methoxy groups -OCH3 is 2. The first-order valence-electron chi connectivity index (χ1n) is 15.3. The molecule has 0 saturated carbocycles. The fourth-order valence-electron chi connectivity index (χ4n) is 5.17. The first kappa shape index (κ1) is 32.3. The van der Waals surface area contributed by atoms with E-state index < -0.39 is 12.1 Å². The maximum absolute atomic E-state index is 12.9. The molecule has 10 heteroatoms. The highest BCUT2D eigenvalue weighted by atomic mass is 16.5. The molecule has 46 heavy (non-hydrogen) atoms. The second-order valence-electron chi connectivity index (χ2n) is 11.2. The summed E-state index contributed by atoms with van der Waals surface area (Å²) < 4.78 is 23.3. The summed E-state index contributed by atoms with van der Waals surface area (Å²) in [7, 11) is 3.15. The van der Waals surface area contributed by atoms with E-state index in [9.17, 15) is 9.59 Å². The minimum Gasteiger partial charge on any atom is -0.493 e. The highest BCUT2D eigenvalue weighted by Gasteiger charge is 2.17. The van der Waals surface area contributed by atoms with Crippen molar-refractivity contribution < 1.29 is 28.5 Å². The van der Waals surface area contributed by atoms with E-state index in [1.807, 2.05) is 78.9 Å². The molecular weight excluding hydrogens is 584 g/mol. The van der Waals surface area contributed by atoms with Gasteiger partial charge in [-0.1, -0.05) is 36.4 Å². The summed E-state index contributed by atoms with van der Waals surface area (Å²) in [6.07, 6.45) is 1.90. The van der Waals surface area contributed by atoms with E-state index in [0.29, 0.717) is 73.3 Å². The van der Waals surface area contributed by atoms with Crippen molar-refractivity contribution >= 4 is 11.8 Å². The summed E-state index contributed by atoms with van der Waals surface area (Å²) in [6, 6.07) is 24.8. The number of nitrogens with one attached hydrogen (secondary N) is 2. The van der Waals surface area contributed by atoms with Crippen LogP contribution in [-0.4, -0.2) is 51.2 Å². The van der Waals surface area contributed by atoms with Crippen molar-refractivity contribution in [3.8, 4) is 34.5 Å². The fraction of sp³-hybridized carbons (Fsp3) is 0.278. The normalized spacial score (nSPS) is 17.8. The molecule has 2 unspecified atom stereocenters. The number of carbonyl (C=O) groups excluding carboxylic acids is 2. The predicted molar refractivity (Wildman–Crippen MR) is 176 cm³/mol. The summed E-state index contributed by atoms with van der Waals surface area (Å²) in [6.45, 7) is 0.860. The van der Waals surface area contributed by atoms with E-state index in [4.69, 9.17) is 30.4 Å². The highest BCUT2D eigenvalue weighted by molar-refractivity contribution is 5.82. The summed E-state index contributed by atoms with van der Waals surface area (Å²) in [5, 5.41) is 5.88. The Morgan fingerprint density at radius 2 is 1.00 bits per heavy atom. The molecule has 4 aromatic rings. The summed E-state index contributed by atoms with van der Waals surface area (Å²) in [4.78, 5) is 25.6. The Balaban J connectivity index is 1.36. The largest absolute Gasteiger partial charge is 0.493 e. The number of ether oxygens (including phenoxy) is 4. The van der Waals surface area contributed by atoms with Gasteiger partial charge in [-0.3, -0.25) is 9.59 Å². The van der Waals surface area contributed by atoms with E-state index in [-0.39, 0.29) is 11.8 Å². The Morgan fingerprint density at radius 1 is 0.587 bits per heavy atom. The molecule has 240 valence electrons. The number of fused-ring (bicyclic) bond motifs is 2. The van der Waals surface area contributed by atoms with Gasteiger partial charge in [-0.25, -0.2) is 0 Å². The first-order valence-corrected chi connectivity index (χ1v) is 15.3. The molecule has 3 aliphatic heterocycles. The molecule has 0 fully saturated rings. The Kier molecular flexibility index (Phi) is 10.7. The number of rotatable bonds is 2. The second kappa shape index (κ2) is 15.3. The number of amides is 2. The lowest BCUT2D eigenvalue weighted by molar-refractivity contribution is -0.123. The van der Waals surface area contributed by atoms with Crippen molar-refractivity contribution in [3.63, 3.8) is 0 Å². The molecule has 10 nitrogen and oxygen atoms in total. The minimum absolute atomic E-state index is 0.214. The van der Waals surface area contributed by atoms with E-state index in [2.05, 4.69) is 10.6 Å². The molecule has 3 aliphatic rings. The Bertz CT molecular complexity index is 1640. The Hall–Kier alpha value is -5.06. The highest BCUT2D eigenvalue weighted by Crippen LogP contribution is 2.34. The second-order valence-corrected chi connectivity index (χ2v) is 11.2. The van der Waals surface area contributed by atoms with Crippen LogP contribution in [0.1, 0.15) is 22.3 Å². The molecule has 0 aromatic heterocycles. The van der Waals surface area contributed by atoms with Crippen LogP contribution in [0.4, 0.5) is 0 Å². The van der Waals surface area contributed by atoms with Crippen LogP contribution in [0.3, 0.4) is 0 Å². The van der Waals surface area contributed by atoms with Crippen LogP contribution in [0.15, 0.2) is 84.9 Å². The van der Waals surface area contributed by atoms with Gasteiger partial charge in [-0.2, -0.15) is 0 Å². The smallest absolute Gasteiger partial charge is 0.237 e. The number of hydrogen-bond donors (Lipinski definition) is 4. The van der Waals surface area contributed by atoms with E-state index in [0.717, 1.165) is 22.3 Å². The zero-order valence-electron chi connectivity index (χ0n) is 26.1. The molecule has 4 aromatic carbocycles. The summed E-state index contributed by atoms with van der Waals surface area (Å²) >= 11 is 0. The van der Waals surface area contributed by atoms with Crippen LogP contribution in [0, 0.1) is 0 Å². The van der Waals surface area contributed by atoms with Crippen molar-refractivity contribution in [1.82, 2.24) is 10.6 Å². The number of benzene rings is 4. The van der Waals surface area contributed by atoms with Gasteiger partial charge in [0.25, 0.3) is 0 Å².